The Bertz CT molecular complexity index is 591. The quantitative estimate of drug-likeness (QED) is 0.367. The van der Waals surface area contributed by atoms with Crippen LogP contribution in [0.5, 0.6) is 11.5 Å². The summed E-state index contributed by atoms with van der Waals surface area (Å²) in [4.78, 5) is 7.25. The molecular weight excluding hydrogens is 455 g/mol. The van der Waals surface area contributed by atoms with Crippen LogP contribution < -0.4 is 20.1 Å². The van der Waals surface area contributed by atoms with Crippen molar-refractivity contribution < 1.29 is 9.47 Å². The molecule has 27 heavy (non-hydrogen) atoms. The minimum absolute atomic E-state index is 0. The smallest absolute Gasteiger partial charge is 0.191 e. The molecule has 0 unspecified atom stereocenters. The maximum atomic E-state index is 5.77. The maximum absolute atomic E-state index is 5.77. The van der Waals surface area contributed by atoms with Gasteiger partial charge in [-0.2, -0.15) is 0 Å². The van der Waals surface area contributed by atoms with Gasteiger partial charge in [-0.15, -0.1) is 24.0 Å². The average molecular weight is 488 g/mol. The fourth-order valence-electron chi connectivity index (χ4n) is 3.33. The van der Waals surface area contributed by atoms with E-state index in [1.807, 2.05) is 12.1 Å². The van der Waals surface area contributed by atoms with Crippen LogP contribution in [0.15, 0.2) is 23.2 Å². The molecule has 152 valence electrons. The van der Waals surface area contributed by atoms with Crippen molar-refractivity contribution >= 4 is 29.9 Å². The molecule has 1 saturated heterocycles. The molecule has 2 heterocycles. The number of nitrogens with one attached hydrogen (secondary N) is 2. The Hall–Kier alpha value is -1.22. The van der Waals surface area contributed by atoms with Crippen molar-refractivity contribution in [2.75, 3.05) is 45.9 Å². The van der Waals surface area contributed by atoms with E-state index in [4.69, 9.17) is 14.5 Å². The van der Waals surface area contributed by atoms with Crippen molar-refractivity contribution in [3.05, 3.63) is 23.8 Å². The first-order valence-corrected chi connectivity index (χ1v) is 9.98. The van der Waals surface area contributed by atoms with E-state index in [-0.39, 0.29) is 24.0 Å². The van der Waals surface area contributed by atoms with Gasteiger partial charge in [-0.3, -0.25) is 0 Å². The Morgan fingerprint density at radius 3 is 2.59 bits per heavy atom. The van der Waals surface area contributed by atoms with Gasteiger partial charge >= 0.3 is 0 Å². The molecule has 2 aliphatic rings. The standard InChI is InChI=1S/C20H32N4O2.HI/c1-2-21-20(22-9-12-24-10-4-3-5-11-24)23-16-17-7-8-18-19(15-17)26-14-6-13-25-18;/h7-8,15H,2-6,9-14,16H2,1H3,(H2,21,22,23);1H. The second kappa shape index (κ2) is 12.3. The molecule has 0 radical (unpaired) electrons. The normalized spacial score (nSPS) is 17.6. The second-order valence-corrected chi connectivity index (χ2v) is 6.86. The Balaban J connectivity index is 0.00000261. The monoisotopic (exact) mass is 488 g/mol. The maximum Gasteiger partial charge on any atom is 0.191 e. The predicted octanol–water partition coefficient (Wildman–Crippen LogP) is 3.01. The Labute approximate surface area is 180 Å². The van der Waals surface area contributed by atoms with E-state index in [2.05, 4.69) is 28.5 Å². The summed E-state index contributed by atoms with van der Waals surface area (Å²) < 4.78 is 11.5. The first kappa shape index (κ1) is 22.1. The van der Waals surface area contributed by atoms with Crippen LogP contribution in [0.4, 0.5) is 0 Å². The first-order chi connectivity index (χ1) is 12.8. The fraction of sp³-hybridized carbons (Fsp3) is 0.650. The van der Waals surface area contributed by atoms with E-state index in [0.29, 0.717) is 13.2 Å². The first-order valence-electron chi connectivity index (χ1n) is 9.98. The van der Waals surface area contributed by atoms with Crippen molar-refractivity contribution in [2.45, 2.75) is 39.2 Å². The average Bonchev–Trinajstić information content (AvgIpc) is 2.92. The minimum Gasteiger partial charge on any atom is -0.490 e. The number of rotatable bonds is 6. The lowest BCUT2D eigenvalue weighted by molar-refractivity contribution is 0.232. The molecule has 0 bridgehead atoms. The van der Waals surface area contributed by atoms with E-state index in [1.54, 1.807) is 0 Å². The lowest BCUT2D eigenvalue weighted by Crippen LogP contribution is -2.42. The number of aliphatic imine (C=N–C) groups is 1. The van der Waals surface area contributed by atoms with Crippen LogP contribution in [-0.2, 0) is 6.54 Å². The van der Waals surface area contributed by atoms with Gasteiger partial charge in [0.25, 0.3) is 0 Å². The summed E-state index contributed by atoms with van der Waals surface area (Å²) in [6.45, 7) is 9.46. The van der Waals surface area contributed by atoms with Gasteiger partial charge in [0.2, 0.25) is 0 Å². The van der Waals surface area contributed by atoms with Gasteiger partial charge in [-0.25, -0.2) is 4.99 Å². The molecular formula is C20H33IN4O2. The number of likely N-dealkylation sites (tertiary alicyclic amines) is 1. The number of piperidine rings is 1. The van der Waals surface area contributed by atoms with Crippen LogP contribution in [0, 0.1) is 0 Å². The third-order valence-corrected chi connectivity index (χ3v) is 4.75. The summed E-state index contributed by atoms with van der Waals surface area (Å²) in [5, 5.41) is 6.78. The number of nitrogens with zero attached hydrogens (tertiary/aromatic N) is 2. The number of halogens is 1. The van der Waals surface area contributed by atoms with Crippen molar-refractivity contribution in [1.82, 2.24) is 15.5 Å². The van der Waals surface area contributed by atoms with E-state index in [0.717, 1.165) is 55.7 Å². The predicted molar refractivity (Wildman–Crippen MR) is 121 cm³/mol. The third-order valence-electron chi connectivity index (χ3n) is 4.75. The highest BCUT2D eigenvalue weighted by molar-refractivity contribution is 14.0. The minimum atomic E-state index is 0. The van der Waals surface area contributed by atoms with E-state index < -0.39 is 0 Å². The summed E-state index contributed by atoms with van der Waals surface area (Å²) in [5.74, 6) is 2.54. The molecule has 0 aromatic heterocycles. The zero-order chi connectivity index (χ0) is 18.0. The molecule has 3 rings (SSSR count). The lowest BCUT2D eigenvalue weighted by Gasteiger charge is -2.26. The molecule has 0 aliphatic carbocycles. The van der Waals surface area contributed by atoms with Crippen molar-refractivity contribution in [1.29, 1.82) is 0 Å². The zero-order valence-electron chi connectivity index (χ0n) is 16.3. The summed E-state index contributed by atoms with van der Waals surface area (Å²) >= 11 is 0. The Kier molecular flexibility index (Phi) is 10.0. The fourth-order valence-corrected chi connectivity index (χ4v) is 3.33. The van der Waals surface area contributed by atoms with Crippen LogP contribution in [-0.4, -0.2) is 56.8 Å². The van der Waals surface area contributed by atoms with E-state index >= 15 is 0 Å². The zero-order valence-corrected chi connectivity index (χ0v) is 18.7. The van der Waals surface area contributed by atoms with Gasteiger partial charge in [0, 0.05) is 26.1 Å². The van der Waals surface area contributed by atoms with E-state index in [9.17, 15) is 0 Å². The third kappa shape index (κ3) is 7.37. The summed E-state index contributed by atoms with van der Waals surface area (Å²) in [6.07, 6.45) is 4.97. The van der Waals surface area contributed by atoms with Crippen LogP contribution in [0.2, 0.25) is 0 Å². The van der Waals surface area contributed by atoms with Gasteiger partial charge in [-0.1, -0.05) is 12.5 Å². The molecule has 6 nitrogen and oxygen atoms in total. The van der Waals surface area contributed by atoms with Crippen LogP contribution in [0.1, 0.15) is 38.2 Å². The SMILES string of the molecule is CCNC(=NCc1ccc2c(c1)OCCCO2)NCCN1CCCCC1.I. The highest BCUT2D eigenvalue weighted by Crippen LogP contribution is 2.30. The van der Waals surface area contributed by atoms with Gasteiger partial charge in [0.15, 0.2) is 17.5 Å². The van der Waals surface area contributed by atoms with Crippen LogP contribution in [0.25, 0.3) is 0 Å². The largest absolute Gasteiger partial charge is 0.490 e. The molecule has 0 saturated carbocycles. The highest BCUT2D eigenvalue weighted by atomic mass is 127. The number of fused-ring (bicyclic) bond motifs is 1. The molecule has 2 N–H and O–H groups in total. The van der Waals surface area contributed by atoms with Crippen LogP contribution >= 0.6 is 24.0 Å². The molecule has 2 aliphatic heterocycles. The molecule has 0 atom stereocenters. The van der Waals surface area contributed by atoms with Gasteiger partial charge in [0.1, 0.15) is 0 Å². The van der Waals surface area contributed by atoms with Gasteiger partial charge in [0.05, 0.1) is 19.8 Å². The Morgan fingerprint density at radius 1 is 1.04 bits per heavy atom. The number of benzene rings is 1. The lowest BCUT2D eigenvalue weighted by atomic mass is 10.1. The van der Waals surface area contributed by atoms with Gasteiger partial charge < -0.3 is 25.0 Å². The molecule has 1 aromatic rings. The van der Waals surface area contributed by atoms with Crippen LogP contribution in [0.3, 0.4) is 0 Å². The second-order valence-electron chi connectivity index (χ2n) is 6.86. The van der Waals surface area contributed by atoms with Crippen molar-refractivity contribution in [3.63, 3.8) is 0 Å². The number of guanidine groups is 1. The molecule has 0 amide bonds. The van der Waals surface area contributed by atoms with Crippen molar-refractivity contribution in [2.24, 2.45) is 4.99 Å². The number of hydrogen-bond donors (Lipinski definition) is 2. The molecule has 0 spiro atoms. The Morgan fingerprint density at radius 2 is 1.81 bits per heavy atom. The van der Waals surface area contributed by atoms with Gasteiger partial charge in [-0.05, 0) is 50.6 Å². The summed E-state index contributed by atoms with van der Waals surface area (Å²) in [7, 11) is 0. The van der Waals surface area contributed by atoms with E-state index in [1.165, 1.54) is 32.4 Å². The summed E-state index contributed by atoms with van der Waals surface area (Å²) in [5.41, 5.74) is 1.13. The highest BCUT2D eigenvalue weighted by Gasteiger charge is 2.11. The molecule has 1 aromatic carbocycles. The topological polar surface area (TPSA) is 58.1 Å². The number of ether oxygens (including phenoxy) is 2. The summed E-state index contributed by atoms with van der Waals surface area (Å²) in [6, 6.07) is 6.10. The molecule has 1 fully saturated rings. The molecule has 7 heteroatoms. The van der Waals surface area contributed by atoms with Crippen molar-refractivity contribution in [3.8, 4) is 11.5 Å². The number of hydrogen-bond acceptors (Lipinski definition) is 4.